The van der Waals surface area contributed by atoms with Crippen molar-refractivity contribution in [2.24, 2.45) is 0 Å². The maximum Gasteiger partial charge on any atom is 0.255 e. The summed E-state index contributed by atoms with van der Waals surface area (Å²) in [6, 6.07) is 21.8. The summed E-state index contributed by atoms with van der Waals surface area (Å²) >= 11 is 0. The van der Waals surface area contributed by atoms with Crippen LogP contribution in [0.4, 0.5) is 0 Å². The summed E-state index contributed by atoms with van der Waals surface area (Å²) in [5.74, 6) is 0.785. The zero-order chi connectivity index (χ0) is 22.5. The van der Waals surface area contributed by atoms with E-state index >= 15 is 0 Å². The number of carbonyl (C=O) groups excluding carboxylic acids is 1. The molecule has 0 aliphatic heterocycles. The van der Waals surface area contributed by atoms with Gasteiger partial charge in [-0.25, -0.2) is 4.68 Å². The van der Waals surface area contributed by atoms with E-state index in [1.165, 1.54) is 0 Å². The van der Waals surface area contributed by atoms with Gasteiger partial charge >= 0.3 is 0 Å². The van der Waals surface area contributed by atoms with Gasteiger partial charge in [-0.15, -0.1) is 10.2 Å². The Morgan fingerprint density at radius 3 is 2.38 bits per heavy atom. The lowest BCUT2D eigenvalue weighted by Gasteiger charge is -2.15. The SMILES string of the molecule is CCOc1ccc(-n2ncc(C(=O)NC(C)c3ccc(-c4ccccc4)cc3)c2C)nn1. The van der Waals surface area contributed by atoms with Crippen molar-refractivity contribution in [2.45, 2.75) is 26.8 Å². The predicted octanol–water partition coefficient (Wildman–Crippen LogP) is 4.53. The van der Waals surface area contributed by atoms with Gasteiger partial charge in [0.05, 0.1) is 30.1 Å². The maximum atomic E-state index is 12.9. The van der Waals surface area contributed by atoms with Crippen LogP contribution < -0.4 is 10.1 Å². The van der Waals surface area contributed by atoms with Crippen LogP contribution in [0.3, 0.4) is 0 Å². The summed E-state index contributed by atoms with van der Waals surface area (Å²) in [6.45, 7) is 6.20. The molecule has 7 heteroatoms. The first-order valence-corrected chi connectivity index (χ1v) is 10.5. The number of aromatic nitrogens is 4. The standard InChI is InChI=1S/C25H25N5O2/c1-4-32-24-15-14-23(28-29-24)30-18(3)22(16-26-30)25(31)27-17(2)19-10-12-21(13-11-19)20-8-6-5-7-9-20/h5-17H,4H2,1-3H3,(H,27,31). The summed E-state index contributed by atoms with van der Waals surface area (Å²) < 4.78 is 6.92. The van der Waals surface area contributed by atoms with E-state index in [1.807, 2.05) is 51.1 Å². The molecular weight excluding hydrogens is 402 g/mol. The number of hydrogen-bond acceptors (Lipinski definition) is 5. The molecule has 0 bridgehead atoms. The Balaban J connectivity index is 1.46. The second kappa shape index (κ2) is 9.43. The molecule has 1 N–H and O–H groups in total. The molecule has 7 nitrogen and oxygen atoms in total. The number of rotatable bonds is 7. The van der Waals surface area contributed by atoms with Gasteiger partial charge in [-0.2, -0.15) is 5.10 Å². The Hall–Kier alpha value is -4.00. The summed E-state index contributed by atoms with van der Waals surface area (Å²) in [4.78, 5) is 12.9. The number of nitrogens with one attached hydrogen (secondary N) is 1. The average molecular weight is 428 g/mol. The number of amides is 1. The molecule has 4 rings (SSSR count). The molecule has 2 heterocycles. The van der Waals surface area contributed by atoms with Crippen molar-refractivity contribution in [3.63, 3.8) is 0 Å². The van der Waals surface area contributed by atoms with E-state index in [-0.39, 0.29) is 11.9 Å². The molecule has 0 fully saturated rings. The molecule has 1 amide bonds. The Kier molecular flexibility index (Phi) is 6.26. The van der Waals surface area contributed by atoms with Gasteiger partial charge < -0.3 is 10.1 Å². The van der Waals surface area contributed by atoms with Crippen LogP contribution >= 0.6 is 0 Å². The summed E-state index contributed by atoms with van der Waals surface area (Å²) in [5, 5.41) is 15.5. The zero-order valence-electron chi connectivity index (χ0n) is 18.3. The molecule has 0 aliphatic rings. The Labute approximate surface area is 187 Å². The minimum absolute atomic E-state index is 0.152. The minimum atomic E-state index is -0.188. The molecule has 0 spiro atoms. The molecule has 0 saturated carbocycles. The van der Waals surface area contributed by atoms with Crippen LogP contribution in [-0.2, 0) is 0 Å². The van der Waals surface area contributed by atoms with Crippen molar-refractivity contribution in [2.75, 3.05) is 6.61 Å². The molecule has 1 atom stereocenters. The van der Waals surface area contributed by atoms with Gasteiger partial charge in [-0.3, -0.25) is 4.79 Å². The molecule has 2 aromatic carbocycles. The maximum absolute atomic E-state index is 12.9. The molecule has 4 aromatic rings. The van der Waals surface area contributed by atoms with Crippen molar-refractivity contribution < 1.29 is 9.53 Å². The smallest absolute Gasteiger partial charge is 0.255 e. The van der Waals surface area contributed by atoms with Gasteiger partial charge in [0.1, 0.15) is 0 Å². The van der Waals surface area contributed by atoms with E-state index in [0.717, 1.165) is 16.7 Å². The van der Waals surface area contributed by atoms with Crippen LogP contribution in [0.1, 0.15) is 41.5 Å². The fraction of sp³-hybridized carbons (Fsp3) is 0.200. The van der Waals surface area contributed by atoms with E-state index in [9.17, 15) is 4.79 Å². The van der Waals surface area contributed by atoms with Gasteiger partial charge in [-0.1, -0.05) is 54.6 Å². The average Bonchev–Trinajstić information content (AvgIpc) is 3.22. The Morgan fingerprint density at radius 2 is 1.72 bits per heavy atom. The number of nitrogens with zero attached hydrogens (tertiary/aromatic N) is 4. The van der Waals surface area contributed by atoms with Crippen LogP contribution in [0.25, 0.3) is 16.9 Å². The molecule has 0 saturated heterocycles. The van der Waals surface area contributed by atoms with Crippen LogP contribution in [0.15, 0.2) is 72.9 Å². The molecule has 0 aliphatic carbocycles. The molecule has 32 heavy (non-hydrogen) atoms. The predicted molar refractivity (Wildman–Crippen MR) is 123 cm³/mol. The van der Waals surface area contributed by atoms with E-state index in [2.05, 4.69) is 44.9 Å². The van der Waals surface area contributed by atoms with Gasteiger partial charge in [0.25, 0.3) is 5.91 Å². The fourth-order valence-corrected chi connectivity index (χ4v) is 3.47. The minimum Gasteiger partial charge on any atom is -0.477 e. The topological polar surface area (TPSA) is 81.9 Å². The Morgan fingerprint density at radius 1 is 1.00 bits per heavy atom. The van der Waals surface area contributed by atoms with Crippen LogP contribution in [0.5, 0.6) is 5.88 Å². The highest BCUT2D eigenvalue weighted by molar-refractivity contribution is 5.95. The first-order chi connectivity index (χ1) is 15.6. The number of ether oxygens (including phenoxy) is 1. The van der Waals surface area contributed by atoms with E-state index in [4.69, 9.17) is 4.74 Å². The summed E-state index contributed by atoms with van der Waals surface area (Å²) in [6.07, 6.45) is 1.55. The lowest BCUT2D eigenvalue weighted by atomic mass is 10.0. The molecule has 0 radical (unpaired) electrons. The van der Waals surface area contributed by atoms with E-state index < -0.39 is 0 Å². The highest BCUT2D eigenvalue weighted by atomic mass is 16.5. The molecular formula is C25H25N5O2. The van der Waals surface area contributed by atoms with E-state index in [0.29, 0.717) is 29.6 Å². The number of hydrogen-bond donors (Lipinski definition) is 1. The van der Waals surface area contributed by atoms with Crippen molar-refractivity contribution in [1.29, 1.82) is 0 Å². The fourth-order valence-electron chi connectivity index (χ4n) is 3.47. The van der Waals surface area contributed by atoms with Crippen LogP contribution in [-0.4, -0.2) is 32.5 Å². The number of carbonyl (C=O) groups is 1. The summed E-state index contributed by atoms with van der Waals surface area (Å²) in [7, 11) is 0. The third-order valence-corrected chi connectivity index (χ3v) is 5.26. The zero-order valence-corrected chi connectivity index (χ0v) is 18.3. The monoisotopic (exact) mass is 427 g/mol. The lowest BCUT2D eigenvalue weighted by molar-refractivity contribution is 0.0939. The third kappa shape index (κ3) is 4.51. The van der Waals surface area contributed by atoms with Gasteiger partial charge in [0, 0.05) is 6.07 Å². The van der Waals surface area contributed by atoms with Crippen LogP contribution in [0, 0.1) is 6.92 Å². The van der Waals surface area contributed by atoms with Gasteiger partial charge in [0.2, 0.25) is 5.88 Å². The highest BCUT2D eigenvalue weighted by Gasteiger charge is 2.18. The quantitative estimate of drug-likeness (QED) is 0.469. The normalized spacial score (nSPS) is 11.7. The van der Waals surface area contributed by atoms with Crippen molar-refractivity contribution in [3.8, 4) is 22.8 Å². The van der Waals surface area contributed by atoms with Gasteiger partial charge in [-0.05, 0) is 43.5 Å². The van der Waals surface area contributed by atoms with E-state index in [1.54, 1.807) is 23.0 Å². The second-order valence-electron chi connectivity index (χ2n) is 7.40. The largest absolute Gasteiger partial charge is 0.477 e. The first kappa shape index (κ1) is 21.2. The van der Waals surface area contributed by atoms with Crippen molar-refractivity contribution in [3.05, 3.63) is 89.7 Å². The van der Waals surface area contributed by atoms with Crippen molar-refractivity contribution >= 4 is 5.91 Å². The third-order valence-electron chi connectivity index (χ3n) is 5.26. The number of benzene rings is 2. The van der Waals surface area contributed by atoms with Crippen LogP contribution in [0.2, 0.25) is 0 Å². The Bertz CT molecular complexity index is 1190. The second-order valence-corrected chi connectivity index (χ2v) is 7.40. The summed E-state index contributed by atoms with van der Waals surface area (Å²) in [5.41, 5.74) is 4.51. The first-order valence-electron chi connectivity index (χ1n) is 10.5. The molecule has 162 valence electrons. The highest BCUT2D eigenvalue weighted by Crippen LogP contribution is 2.22. The molecule has 2 aromatic heterocycles. The lowest BCUT2D eigenvalue weighted by Crippen LogP contribution is -2.27. The van der Waals surface area contributed by atoms with Gasteiger partial charge in [0.15, 0.2) is 5.82 Å². The van der Waals surface area contributed by atoms with Crippen molar-refractivity contribution in [1.82, 2.24) is 25.3 Å². The molecule has 1 unspecified atom stereocenters.